The van der Waals surface area contributed by atoms with Crippen molar-refractivity contribution >= 4 is 16.8 Å². The van der Waals surface area contributed by atoms with Crippen molar-refractivity contribution < 1.29 is 9.53 Å². The average molecular weight is 350 g/mol. The fraction of sp³-hybridized carbons (Fsp3) is 0.318. The lowest BCUT2D eigenvalue weighted by molar-refractivity contribution is -0.121. The minimum absolute atomic E-state index is 0.0224. The molecule has 0 aliphatic carbocycles. The first-order valence-corrected chi connectivity index (χ1v) is 9.07. The van der Waals surface area contributed by atoms with Gasteiger partial charge in [0.15, 0.2) is 0 Å². The second kappa shape index (κ2) is 8.68. The molecule has 1 atom stereocenters. The van der Waals surface area contributed by atoms with Crippen molar-refractivity contribution in [2.45, 2.75) is 25.7 Å². The molecule has 2 N–H and O–H groups in total. The molecule has 0 unspecified atom stereocenters. The number of aryl methyl sites for hydroxylation is 1. The molecule has 136 valence electrons. The van der Waals surface area contributed by atoms with Gasteiger partial charge < -0.3 is 15.0 Å². The van der Waals surface area contributed by atoms with Gasteiger partial charge in [-0.1, -0.05) is 48.0 Å². The lowest BCUT2D eigenvalue weighted by Crippen LogP contribution is -2.27. The van der Waals surface area contributed by atoms with Gasteiger partial charge in [0.25, 0.3) is 0 Å². The molecule has 4 nitrogen and oxygen atoms in total. The first kappa shape index (κ1) is 18.2. The summed E-state index contributed by atoms with van der Waals surface area (Å²) in [6, 6.07) is 16.7. The van der Waals surface area contributed by atoms with Crippen molar-refractivity contribution in [1.29, 1.82) is 0 Å². The van der Waals surface area contributed by atoms with Gasteiger partial charge in [-0.15, -0.1) is 0 Å². The highest BCUT2D eigenvalue weighted by Gasteiger charge is 2.21. The summed E-state index contributed by atoms with van der Waals surface area (Å²) < 4.78 is 5.04. The molecule has 26 heavy (non-hydrogen) atoms. The van der Waals surface area contributed by atoms with Gasteiger partial charge in [-0.3, -0.25) is 4.79 Å². The zero-order valence-corrected chi connectivity index (χ0v) is 15.4. The Kier molecular flexibility index (Phi) is 6.08. The molecule has 4 heteroatoms. The van der Waals surface area contributed by atoms with Crippen LogP contribution in [-0.4, -0.2) is 31.2 Å². The van der Waals surface area contributed by atoms with E-state index in [0.29, 0.717) is 19.6 Å². The number of fused-ring (bicyclic) bond motifs is 1. The lowest BCUT2D eigenvalue weighted by atomic mass is 9.87. The van der Waals surface area contributed by atoms with E-state index in [9.17, 15) is 4.79 Å². The molecular weight excluding hydrogens is 324 g/mol. The summed E-state index contributed by atoms with van der Waals surface area (Å²) in [5, 5.41) is 4.18. The quantitative estimate of drug-likeness (QED) is 0.600. The van der Waals surface area contributed by atoms with Crippen molar-refractivity contribution in [3.8, 4) is 0 Å². The van der Waals surface area contributed by atoms with E-state index in [2.05, 4.69) is 53.6 Å². The van der Waals surface area contributed by atoms with Crippen LogP contribution in [-0.2, 0) is 9.53 Å². The third-order valence-corrected chi connectivity index (χ3v) is 4.71. The highest BCUT2D eigenvalue weighted by Crippen LogP contribution is 2.33. The zero-order chi connectivity index (χ0) is 18.4. The summed E-state index contributed by atoms with van der Waals surface area (Å²) in [4.78, 5) is 15.9. The maximum atomic E-state index is 12.5. The molecule has 1 heterocycles. The Morgan fingerprint density at radius 1 is 1.15 bits per heavy atom. The molecule has 0 aliphatic heterocycles. The molecule has 1 amide bonds. The molecule has 2 aromatic carbocycles. The lowest BCUT2D eigenvalue weighted by Gasteiger charge is -2.17. The van der Waals surface area contributed by atoms with Crippen LogP contribution in [0.3, 0.4) is 0 Å². The number of benzene rings is 2. The predicted molar refractivity (Wildman–Crippen MR) is 105 cm³/mol. The van der Waals surface area contributed by atoms with Gasteiger partial charge in [0.2, 0.25) is 5.91 Å². The molecule has 0 saturated heterocycles. The van der Waals surface area contributed by atoms with Crippen molar-refractivity contribution in [2.75, 3.05) is 20.3 Å². The number of nitrogens with one attached hydrogen (secondary N) is 2. The molecule has 0 saturated carbocycles. The van der Waals surface area contributed by atoms with Gasteiger partial charge >= 0.3 is 0 Å². The van der Waals surface area contributed by atoms with E-state index in [0.717, 1.165) is 23.1 Å². The number of carbonyl (C=O) groups excluding carboxylic acids is 1. The van der Waals surface area contributed by atoms with E-state index in [4.69, 9.17) is 4.74 Å². The van der Waals surface area contributed by atoms with Crippen LogP contribution in [0.1, 0.15) is 35.4 Å². The number of para-hydroxylation sites is 1. The standard InChI is InChI=1S/C22H26N2O2/c1-16-8-10-17(11-9-16)19(14-22(25)23-12-5-13-26-2)20-15-24-21-7-4-3-6-18(20)21/h3-4,6-11,15,19,24H,5,12-14H2,1-2H3,(H,23,25)/t19-/m1/s1. The predicted octanol–water partition coefficient (Wildman–Crippen LogP) is 4.15. The second-order valence-corrected chi connectivity index (χ2v) is 6.65. The summed E-state index contributed by atoms with van der Waals surface area (Å²) in [5.41, 5.74) is 4.64. The van der Waals surface area contributed by atoms with Gasteiger partial charge in [0, 0.05) is 49.7 Å². The van der Waals surface area contributed by atoms with Crippen LogP contribution in [0.25, 0.3) is 10.9 Å². The molecule has 0 bridgehead atoms. The summed E-state index contributed by atoms with van der Waals surface area (Å²) in [7, 11) is 1.67. The molecule has 0 fully saturated rings. The van der Waals surface area contributed by atoms with Crippen molar-refractivity contribution in [1.82, 2.24) is 10.3 Å². The third kappa shape index (κ3) is 4.33. The van der Waals surface area contributed by atoms with E-state index in [-0.39, 0.29) is 11.8 Å². The second-order valence-electron chi connectivity index (χ2n) is 6.65. The fourth-order valence-electron chi connectivity index (χ4n) is 3.29. The van der Waals surface area contributed by atoms with E-state index < -0.39 is 0 Å². The first-order valence-electron chi connectivity index (χ1n) is 9.07. The summed E-state index contributed by atoms with van der Waals surface area (Å²) in [6.07, 6.45) is 3.29. The molecule has 0 aliphatic rings. The number of rotatable bonds is 8. The zero-order valence-electron chi connectivity index (χ0n) is 15.4. The topological polar surface area (TPSA) is 54.1 Å². The van der Waals surface area contributed by atoms with Crippen LogP contribution in [0, 0.1) is 6.92 Å². The van der Waals surface area contributed by atoms with E-state index in [1.54, 1.807) is 7.11 Å². The first-order chi connectivity index (χ1) is 12.7. The Hall–Kier alpha value is -2.59. The SMILES string of the molecule is COCCCNC(=O)C[C@H](c1ccc(C)cc1)c1c[nH]c2ccccc12. The minimum Gasteiger partial charge on any atom is -0.385 e. The maximum absolute atomic E-state index is 12.5. The molecule has 1 aromatic heterocycles. The number of H-pyrrole nitrogens is 1. The van der Waals surface area contributed by atoms with Gasteiger partial charge in [-0.25, -0.2) is 0 Å². The molecule has 0 radical (unpaired) electrons. The maximum Gasteiger partial charge on any atom is 0.220 e. The Bertz CT molecular complexity index is 852. The Balaban J connectivity index is 1.85. The monoisotopic (exact) mass is 350 g/mol. The molecular formula is C22H26N2O2. The van der Waals surface area contributed by atoms with Crippen LogP contribution >= 0.6 is 0 Å². The Morgan fingerprint density at radius 3 is 2.69 bits per heavy atom. The highest BCUT2D eigenvalue weighted by molar-refractivity contribution is 5.86. The molecule has 3 rings (SSSR count). The number of aromatic nitrogens is 1. The van der Waals surface area contributed by atoms with Crippen molar-refractivity contribution in [2.24, 2.45) is 0 Å². The van der Waals surface area contributed by atoms with E-state index in [1.165, 1.54) is 10.9 Å². The van der Waals surface area contributed by atoms with Crippen LogP contribution in [0.5, 0.6) is 0 Å². The minimum atomic E-state index is 0.0224. The number of amides is 1. The average Bonchev–Trinajstić information content (AvgIpc) is 3.08. The largest absolute Gasteiger partial charge is 0.385 e. The van der Waals surface area contributed by atoms with Crippen molar-refractivity contribution in [3.63, 3.8) is 0 Å². The van der Waals surface area contributed by atoms with Crippen molar-refractivity contribution in [3.05, 3.63) is 71.4 Å². The number of ether oxygens (including phenoxy) is 1. The van der Waals surface area contributed by atoms with Gasteiger partial charge in [0.1, 0.15) is 0 Å². The molecule has 0 spiro atoms. The summed E-state index contributed by atoms with van der Waals surface area (Å²) >= 11 is 0. The number of aromatic amines is 1. The Labute approximate surface area is 154 Å². The van der Waals surface area contributed by atoms with Crippen LogP contribution in [0.15, 0.2) is 54.7 Å². The van der Waals surface area contributed by atoms with Crippen LogP contribution < -0.4 is 5.32 Å². The van der Waals surface area contributed by atoms with Gasteiger partial charge in [0.05, 0.1) is 0 Å². The van der Waals surface area contributed by atoms with Crippen LogP contribution in [0.2, 0.25) is 0 Å². The van der Waals surface area contributed by atoms with Crippen LogP contribution in [0.4, 0.5) is 0 Å². The highest BCUT2D eigenvalue weighted by atomic mass is 16.5. The summed E-state index contributed by atoms with van der Waals surface area (Å²) in [5.74, 6) is 0.0890. The van der Waals surface area contributed by atoms with Gasteiger partial charge in [-0.05, 0) is 30.5 Å². The van der Waals surface area contributed by atoms with E-state index >= 15 is 0 Å². The molecule has 3 aromatic rings. The summed E-state index contributed by atoms with van der Waals surface area (Å²) in [6.45, 7) is 3.37. The third-order valence-electron chi connectivity index (χ3n) is 4.71. The van der Waals surface area contributed by atoms with E-state index in [1.807, 2.05) is 18.3 Å². The number of carbonyl (C=O) groups is 1. The Morgan fingerprint density at radius 2 is 1.92 bits per heavy atom. The van der Waals surface area contributed by atoms with Gasteiger partial charge in [-0.2, -0.15) is 0 Å². The fourth-order valence-corrected chi connectivity index (χ4v) is 3.29. The number of hydrogen-bond donors (Lipinski definition) is 2. The normalized spacial score (nSPS) is 12.2. The number of hydrogen-bond acceptors (Lipinski definition) is 2. The number of methoxy groups -OCH3 is 1. The smallest absolute Gasteiger partial charge is 0.220 e.